The second-order valence-corrected chi connectivity index (χ2v) is 9.89. The molecule has 1 aliphatic carbocycles. The number of aliphatic hydroxyl groups is 1. The fraction of sp³-hybridized carbons (Fsp3) is 0.500. The molecular formula is C30H37NO5. The van der Waals surface area contributed by atoms with E-state index in [0.29, 0.717) is 25.4 Å². The Morgan fingerprint density at radius 1 is 0.944 bits per heavy atom. The highest BCUT2D eigenvalue weighted by Crippen LogP contribution is 2.43. The van der Waals surface area contributed by atoms with Crippen molar-refractivity contribution in [1.82, 2.24) is 4.90 Å². The van der Waals surface area contributed by atoms with Gasteiger partial charge in [-0.3, -0.25) is 4.79 Å². The molecule has 0 saturated carbocycles. The summed E-state index contributed by atoms with van der Waals surface area (Å²) in [5.74, 6) is 0.406. The number of hydrogen-bond acceptors (Lipinski definition) is 5. The molecule has 3 aliphatic rings. The number of carbonyl (C=O) groups excluding carboxylic acids is 1. The maximum absolute atomic E-state index is 13.6. The standard InChI is InChI=1S/C30H37NO5/c32-15-16-34-17-18-35-29-21-23(20-28(36-29)30(33)31-13-6-2-1-3-7-14-31)25-11-8-12-26-24-10-5-4-9-22(24)19-27(25)26/h4-5,8-12,20,23,29,32H,1-3,6-7,13-19,21H2/t23-,29+/m0/s1. The minimum absolute atomic E-state index is 0.0132. The number of likely N-dealkylation sites (tertiary alicyclic amines) is 1. The lowest BCUT2D eigenvalue weighted by atomic mass is 9.87. The first kappa shape index (κ1) is 25.0. The molecule has 36 heavy (non-hydrogen) atoms. The summed E-state index contributed by atoms with van der Waals surface area (Å²) in [7, 11) is 0. The second-order valence-electron chi connectivity index (χ2n) is 9.89. The zero-order valence-electron chi connectivity index (χ0n) is 21.0. The molecule has 1 amide bonds. The molecule has 0 radical (unpaired) electrons. The molecule has 5 rings (SSSR count). The zero-order chi connectivity index (χ0) is 24.7. The Bertz CT molecular complexity index is 1070. The van der Waals surface area contributed by atoms with Crippen LogP contribution in [-0.2, 0) is 25.4 Å². The van der Waals surface area contributed by atoms with Crippen LogP contribution >= 0.6 is 0 Å². The Morgan fingerprint density at radius 2 is 1.72 bits per heavy atom. The molecule has 2 aromatic rings. The molecule has 6 heteroatoms. The van der Waals surface area contributed by atoms with E-state index in [-0.39, 0.29) is 25.0 Å². The normalized spacial score (nSPS) is 21.6. The molecule has 1 N–H and O–H groups in total. The quantitative estimate of drug-likeness (QED) is 0.459. The van der Waals surface area contributed by atoms with Crippen molar-refractivity contribution >= 4 is 5.91 Å². The lowest BCUT2D eigenvalue weighted by molar-refractivity contribution is -0.156. The third-order valence-electron chi connectivity index (χ3n) is 7.46. The van der Waals surface area contributed by atoms with E-state index < -0.39 is 6.29 Å². The highest BCUT2D eigenvalue weighted by Gasteiger charge is 2.33. The van der Waals surface area contributed by atoms with Gasteiger partial charge in [-0.25, -0.2) is 0 Å². The molecule has 2 atom stereocenters. The number of ether oxygens (including phenoxy) is 3. The van der Waals surface area contributed by atoms with E-state index in [0.717, 1.165) is 32.4 Å². The summed E-state index contributed by atoms with van der Waals surface area (Å²) < 4.78 is 17.5. The van der Waals surface area contributed by atoms with Gasteiger partial charge in [-0.2, -0.15) is 0 Å². The smallest absolute Gasteiger partial charge is 0.288 e. The van der Waals surface area contributed by atoms with Crippen LogP contribution in [0.5, 0.6) is 0 Å². The summed E-state index contributed by atoms with van der Waals surface area (Å²) in [4.78, 5) is 15.6. The van der Waals surface area contributed by atoms with Crippen molar-refractivity contribution in [1.29, 1.82) is 0 Å². The van der Waals surface area contributed by atoms with Gasteiger partial charge in [-0.05, 0) is 53.2 Å². The van der Waals surface area contributed by atoms with Crippen LogP contribution < -0.4 is 0 Å². The van der Waals surface area contributed by atoms with E-state index in [1.807, 2.05) is 11.0 Å². The van der Waals surface area contributed by atoms with Crippen LogP contribution in [0.25, 0.3) is 11.1 Å². The van der Waals surface area contributed by atoms with Crippen molar-refractivity contribution in [2.45, 2.75) is 57.2 Å². The lowest BCUT2D eigenvalue weighted by Crippen LogP contribution is -2.38. The maximum atomic E-state index is 13.6. The van der Waals surface area contributed by atoms with Gasteiger partial charge >= 0.3 is 0 Å². The van der Waals surface area contributed by atoms with Gasteiger partial charge in [0.1, 0.15) is 0 Å². The highest BCUT2D eigenvalue weighted by atomic mass is 16.7. The van der Waals surface area contributed by atoms with Crippen molar-refractivity contribution in [3.63, 3.8) is 0 Å². The molecule has 2 aliphatic heterocycles. The summed E-state index contributed by atoms with van der Waals surface area (Å²) in [6, 6.07) is 15.1. The minimum atomic E-state index is -0.522. The average molecular weight is 492 g/mol. The summed E-state index contributed by atoms with van der Waals surface area (Å²) in [5, 5.41) is 8.93. The van der Waals surface area contributed by atoms with Crippen molar-refractivity contribution in [3.05, 3.63) is 71.0 Å². The SMILES string of the molecule is O=C(C1=C[C@H](c2cccc3c2Cc2ccccc2-3)C[C@H](OCCOCCO)O1)N1CCCCCCC1. The topological polar surface area (TPSA) is 68.2 Å². The van der Waals surface area contributed by atoms with E-state index in [1.54, 1.807) is 0 Å². The average Bonchev–Trinajstić information content (AvgIpc) is 3.27. The Hall–Kier alpha value is -2.67. The van der Waals surface area contributed by atoms with Gasteiger partial charge in [-0.1, -0.05) is 61.7 Å². The Labute approximate surface area is 213 Å². The largest absolute Gasteiger partial charge is 0.459 e. The third-order valence-corrected chi connectivity index (χ3v) is 7.46. The molecular weight excluding hydrogens is 454 g/mol. The van der Waals surface area contributed by atoms with E-state index >= 15 is 0 Å². The molecule has 192 valence electrons. The van der Waals surface area contributed by atoms with Gasteiger partial charge in [0.25, 0.3) is 5.91 Å². The summed E-state index contributed by atoms with van der Waals surface area (Å²) in [5.41, 5.74) is 6.52. The molecule has 0 bridgehead atoms. The van der Waals surface area contributed by atoms with Crippen molar-refractivity contribution < 1.29 is 24.1 Å². The lowest BCUT2D eigenvalue weighted by Gasteiger charge is -2.33. The molecule has 2 aromatic carbocycles. The van der Waals surface area contributed by atoms with Gasteiger partial charge < -0.3 is 24.2 Å². The van der Waals surface area contributed by atoms with Crippen molar-refractivity contribution in [2.24, 2.45) is 0 Å². The number of amides is 1. The third kappa shape index (κ3) is 5.66. The van der Waals surface area contributed by atoms with Crippen LogP contribution in [0.15, 0.2) is 54.3 Å². The number of fused-ring (bicyclic) bond motifs is 3. The second kappa shape index (κ2) is 12.0. The zero-order valence-corrected chi connectivity index (χ0v) is 21.0. The fourth-order valence-electron chi connectivity index (χ4n) is 5.67. The molecule has 2 heterocycles. The Balaban J connectivity index is 1.39. The van der Waals surface area contributed by atoms with Crippen LogP contribution in [0.4, 0.5) is 0 Å². The number of allylic oxidation sites excluding steroid dienone is 1. The van der Waals surface area contributed by atoms with Gasteiger partial charge in [-0.15, -0.1) is 0 Å². The number of rotatable bonds is 8. The van der Waals surface area contributed by atoms with Crippen LogP contribution in [0.3, 0.4) is 0 Å². The van der Waals surface area contributed by atoms with Crippen LogP contribution in [0.2, 0.25) is 0 Å². The van der Waals surface area contributed by atoms with E-state index in [1.165, 1.54) is 47.1 Å². The minimum Gasteiger partial charge on any atom is -0.459 e. The highest BCUT2D eigenvalue weighted by molar-refractivity contribution is 5.92. The molecule has 6 nitrogen and oxygen atoms in total. The fourth-order valence-corrected chi connectivity index (χ4v) is 5.67. The number of hydrogen-bond donors (Lipinski definition) is 1. The number of carbonyl (C=O) groups is 1. The van der Waals surface area contributed by atoms with Gasteiger partial charge in [0, 0.05) is 25.4 Å². The maximum Gasteiger partial charge on any atom is 0.288 e. The van der Waals surface area contributed by atoms with E-state index in [2.05, 4.69) is 42.5 Å². The predicted molar refractivity (Wildman–Crippen MR) is 139 cm³/mol. The first-order chi connectivity index (χ1) is 17.7. The van der Waals surface area contributed by atoms with Gasteiger partial charge in [0.2, 0.25) is 6.29 Å². The molecule has 0 aromatic heterocycles. The van der Waals surface area contributed by atoms with Crippen LogP contribution in [0, 0.1) is 0 Å². The summed E-state index contributed by atoms with van der Waals surface area (Å²) >= 11 is 0. The first-order valence-electron chi connectivity index (χ1n) is 13.4. The van der Waals surface area contributed by atoms with Crippen molar-refractivity contribution in [3.8, 4) is 11.1 Å². The van der Waals surface area contributed by atoms with E-state index in [9.17, 15) is 4.79 Å². The summed E-state index contributed by atoms with van der Waals surface area (Å²) in [6.45, 7) is 2.55. The van der Waals surface area contributed by atoms with Gasteiger partial charge in [0.15, 0.2) is 5.76 Å². The predicted octanol–water partition coefficient (Wildman–Crippen LogP) is 4.79. The van der Waals surface area contributed by atoms with Gasteiger partial charge in [0.05, 0.1) is 26.4 Å². The Morgan fingerprint density at radius 3 is 2.56 bits per heavy atom. The number of aliphatic hydroxyl groups excluding tert-OH is 1. The van der Waals surface area contributed by atoms with Crippen LogP contribution in [0.1, 0.15) is 61.1 Å². The molecule has 1 fully saturated rings. The summed E-state index contributed by atoms with van der Waals surface area (Å²) in [6.07, 6.45) is 8.72. The molecule has 1 saturated heterocycles. The van der Waals surface area contributed by atoms with Crippen LogP contribution in [-0.4, -0.2) is 61.7 Å². The Kier molecular flexibility index (Phi) is 8.36. The number of nitrogens with zero attached hydrogens (tertiary/aromatic N) is 1. The molecule has 0 spiro atoms. The van der Waals surface area contributed by atoms with Crippen molar-refractivity contribution in [2.75, 3.05) is 39.5 Å². The first-order valence-corrected chi connectivity index (χ1v) is 13.4. The monoisotopic (exact) mass is 491 g/mol. The van der Waals surface area contributed by atoms with E-state index in [4.69, 9.17) is 19.3 Å². The number of benzene rings is 2. The molecule has 0 unspecified atom stereocenters.